The van der Waals surface area contributed by atoms with E-state index < -0.39 is 0 Å². The summed E-state index contributed by atoms with van der Waals surface area (Å²) in [6.45, 7) is 3.76. The Bertz CT molecular complexity index is 762. The lowest BCUT2D eigenvalue weighted by Gasteiger charge is -2.33. The minimum absolute atomic E-state index is 0.166. The molecule has 3 rings (SSSR count). The molecule has 2 aromatic rings. The van der Waals surface area contributed by atoms with Gasteiger partial charge < -0.3 is 19.9 Å². The van der Waals surface area contributed by atoms with Gasteiger partial charge in [0.2, 0.25) is 0 Å². The quantitative estimate of drug-likeness (QED) is 0.843. The third kappa shape index (κ3) is 5.00. The molecule has 1 amide bonds. The minimum Gasteiger partial charge on any atom is -0.482 e. The smallest absolute Gasteiger partial charge is 0.262 e. The fraction of sp³-hybridized carbons (Fsp3) is 0.333. The summed E-state index contributed by atoms with van der Waals surface area (Å²) >= 11 is 11.9. The number of rotatable bonds is 5. The van der Waals surface area contributed by atoms with E-state index in [1.165, 1.54) is 0 Å². The topological polar surface area (TPSA) is 57.7 Å². The molecule has 0 saturated carbocycles. The summed E-state index contributed by atoms with van der Waals surface area (Å²) in [5.74, 6) is 0.992. The van der Waals surface area contributed by atoms with Gasteiger partial charge >= 0.3 is 0 Å². The molecule has 0 aliphatic carbocycles. The van der Waals surface area contributed by atoms with Gasteiger partial charge in [0.1, 0.15) is 11.6 Å². The van der Waals surface area contributed by atoms with Crippen molar-refractivity contribution in [2.45, 2.75) is 0 Å². The number of halogens is 2. The maximum absolute atomic E-state index is 12.0. The molecule has 0 spiro atoms. The number of nitrogens with zero attached hydrogens (tertiary/aromatic N) is 3. The van der Waals surface area contributed by atoms with Crippen LogP contribution in [0.25, 0.3) is 0 Å². The zero-order chi connectivity index (χ0) is 18.5. The first-order chi connectivity index (χ1) is 12.5. The zero-order valence-corrected chi connectivity index (χ0v) is 15.9. The number of pyridine rings is 1. The number of ether oxygens (including phenoxy) is 1. The van der Waals surface area contributed by atoms with Crippen molar-refractivity contribution in [1.82, 2.24) is 9.88 Å². The molecule has 0 atom stereocenters. The third-order valence-corrected chi connectivity index (χ3v) is 4.66. The third-order valence-electron chi connectivity index (χ3n) is 4.11. The Morgan fingerprint density at radius 3 is 2.65 bits per heavy atom. The number of carbonyl (C=O) groups excluding carboxylic acids is 1. The molecule has 6 nitrogen and oxygen atoms in total. The lowest BCUT2D eigenvalue weighted by molar-refractivity contribution is -0.118. The van der Waals surface area contributed by atoms with Gasteiger partial charge in [0.05, 0.1) is 16.9 Å². The van der Waals surface area contributed by atoms with Gasteiger partial charge in [-0.2, -0.15) is 0 Å². The molecule has 1 aromatic carbocycles. The molecular weight excluding hydrogens is 375 g/mol. The number of aromatic nitrogens is 1. The summed E-state index contributed by atoms with van der Waals surface area (Å²) in [4.78, 5) is 21.0. The van der Waals surface area contributed by atoms with Crippen LogP contribution in [0.2, 0.25) is 10.0 Å². The number of hydrogen-bond donors (Lipinski definition) is 1. The van der Waals surface area contributed by atoms with E-state index in [0.29, 0.717) is 21.5 Å². The molecular formula is C18H20Cl2N4O2. The van der Waals surface area contributed by atoms with Gasteiger partial charge in [-0.25, -0.2) is 4.98 Å². The lowest BCUT2D eigenvalue weighted by Crippen LogP contribution is -2.44. The fourth-order valence-electron chi connectivity index (χ4n) is 2.61. The van der Waals surface area contributed by atoms with Gasteiger partial charge in [-0.15, -0.1) is 0 Å². The Morgan fingerprint density at radius 2 is 1.96 bits per heavy atom. The predicted octanol–water partition coefficient (Wildman–Crippen LogP) is 3.16. The molecule has 26 heavy (non-hydrogen) atoms. The van der Waals surface area contributed by atoms with E-state index in [2.05, 4.69) is 27.1 Å². The van der Waals surface area contributed by atoms with Gasteiger partial charge in [0, 0.05) is 37.3 Å². The summed E-state index contributed by atoms with van der Waals surface area (Å²) in [6, 6.07) is 8.60. The summed E-state index contributed by atoms with van der Waals surface area (Å²) in [7, 11) is 2.11. The molecule has 8 heteroatoms. The Labute approximate surface area is 162 Å². The monoisotopic (exact) mass is 394 g/mol. The molecule has 2 heterocycles. The number of piperazine rings is 1. The summed E-state index contributed by atoms with van der Waals surface area (Å²) in [6.07, 6.45) is 1.65. The second-order valence-electron chi connectivity index (χ2n) is 6.11. The van der Waals surface area contributed by atoms with Crippen molar-refractivity contribution >= 4 is 40.6 Å². The Kier molecular flexibility index (Phi) is 6.19. The van der Waals surface area contributed by atoms with Crippen LogP contribution in [0.5, 0.6) is 5.75 Å². The minimum atomic E-state index is -0.296. The van der Waals surface area contributed by atoms with Crippen LogP contribution in [0.3, 0.4) is 0 Å². The van der Waals surface area contributed by atoms with Gasteiger partial charge in [0.15, 0.2) is 6.61 Å². The second kappa shape index (κ2) is 8.58. The van der Waals surface area contributed by atoms with Gasteiger partial charge in [-0.1, -0.05) is 23.2 Å². The van der Waals surface area contributed by atoms with Crippen LogP contribution in [0.1, 0.15) is 0 Å². The molecule has 0 bridgehead atoms. The molecule has 0 radical (unpaired) electrons. The van der Waals surface area contributed by atoms with E-state index >= 15 is 0 Å². The van der Waals surface area contributed by atoms with Gasteiger partial charge in [0.25, 0.3) is 5.91 Å². The van der Waals surface area contributed by atoms with Gasteiger partial charge in [-0.05, 0) is 31.3 Å². The van der Waals surface area contributed by atoms with E-state index in [1.807, 2.05) is 12.1 Å². The maximum Gasteiger partial charge on any atom is 0.262 e. The molecule has 1 fully saturated rings. The van der Waals surface area contributed by atoms with Crippen molar-refractivity contribution < 1.29 is 9.53 Å². The van der Waals surface area contributed by atoms with Crippen LogP contribution in [0.15, 0.2) is 36.5 Å². The number of anilines is 2. The highest BCUT2D eigenvalue weighted by molar-refractivity contribution is 6.34. The summed E-state index contributed by atoms with van der Waals surface area (Å²) < 4.78 is 5.42. The van der Waals surface area contributed by atoms with Crippen molar-refractivity contribution in [1.29, 1.82) is 0 Å². The molecule has 1 aliphatic heterocycles. The maximum atomic E-state index is 12.0. The van der Waals surface area contributed by atoms with Crippen LogP contribution < -0.4 is 15.0 Å². The molecule has 1 N–H and O–H groups in total. The average Bonchev–Trinajstić information content (AvgIpc) is 2.64. The number of likely N-dealkylation sites (N-methyl/N-ethyl adjacent to an activating group) is 1. The number of carbonyl (C=O) groups is 1. The predicted molar refractivity (Wildman–Crippen MR) is 105 cm³/mol. The molecule has 1 aromatic heterocycles. The van der Waals surface area contributed by atoms with E-state index in [4.69, 9.17) is 27.9 Å². The van der Waals surface area contributed by atoms with E-state index in [9.17, 15) is 4.79 Å². The lowest BCUT2D eigenvalue weighted by atomic mass is 10.3. The number of amides is 1. The first-order valence-corrected chi connectivity index (χ1v) is 9.04. The zero-order valence-electron chi connectivity index (χ0n) is 14.4. The highest BCUT2D eigenvalue weighted by Crippen LogP contribution is 2.27. The largest absolute Gasteiger partial charge is 0.482 e. The van der Waals surface area contributed by atoms with Crippen molar-refractivity contribution in [2.24, 2.45) is 0 Å². The van der Waals surface area contributed by atoms with E-state index in [1.54, 1.807) is 24.4 Å². The Morgan fingerprint density at radius 1 is 1.19 bits per heavy atom. The van der Waals surface area contributed by atoms with Crippen LogP contribution in [0.4, 0.5) is 11.5 Å². The van der Waals surface area contributed by atoms with Crippen LogP contribution in [0, 0.1) is 0 Å². The number of benzene rings is 1. The fourth-order valence-corrected chi connectivity index (χ4v) is 2.94. The Balaban J connectivity index is 1.52. The molecule has 1 aliphatic rings. The highest BCUT2D eigenvalue weighted by atomic mass is 35.5. The normalized spacial score (nSPS) is 15.0. The number of hydrogen-bond acceptors (Lipinski definition) is 5. The molecule has 0 unspecified atom stereocenters. The Hall–Kier alpha value is -2.02. The standard InChI is InChI=1S/C18H20Cl2N4O2/c1-23-6-8-24(9-7-23)17-5-3-14(11-21-17)22-18(25)12-26-16-10-13(19)2-4-15(16)20/h2-5,10-11H,6-9,12H2,1H3,(H,22,25). The first kappa shape index (κ1) is 18.8. The first-order valence-electron chi connectivity index (χ1n) is 8.28. The molecule has 138 valence electrons. The van der Waals surface area contributed by atoms with Crippen LogP contribution >= 0.6 is 23.2 Å². The summed E-state index contributed by atoms with van der Waals surface area (Å²) in [5.41, 5.74) is 0.619. The van der Waals surface area contributed by atoms with Crippen LogP contribution in [-0.2, 0) is 4.79 Å². The van der Waals surface area contributed by atoms with E-state index in [0.717, 1.165) is 32.0 Å². The van der Waals surface area contributed by atoms with Crippen LogP contribution in [-0.4, -0.2) is 55.6 Å². The second-order valence-corrected chi connectivity index (χ2v) is 6.95. The van der Waals surface area contributed by atoms with Gasteiger partial charge in [-0.3, -0.25) is 4.79 Å². The number of nitrogens with one attached hydrogen (secondary N) is 1. The van der Waals surface area contributed by atoms with Crippen molar-refractivity contribution in [3.8, 4) is 5.75 Å². The van der Waals surface area contributed by atoms with Crippen molar-refractivity contribution in [3.63, 3.8) is 0 Å². The summed E-state index contributed by atoms with van der Waals surface area (Å²) in [5, 5.41) is 3.65. The molecule has 1 saturated heterocycles. The highest BCUT2D eigenvalue weighted by Gasteiger charge is 2.15. The van der Waals surface area contributed by atoms with E-state index in [-0.39, 0.29) is 12.5 Å². The van der Waals surface area contributed by atoms with Crippen molar-refractivity contribution in [3.05, 3.63) is 46.6 Å². The SMILES string of the molecule is CN1CCN(c2ccc(NC(=O)COc3cc(Cl)ccc3Cl)cn2)CC1. The average molecular weight is 395 g/mol. The van der Waals surface area contributed by atoms with Crippen molar-refractivity contribution in [2.75, 3.05) is 50.1 Å².